The molecule has 0 saturated carbocycles. The monoisotopic (exact) mass is 479 g/mol. The molecule has 0 aromatic heterocycles. The first-order chi connectivity index (χ1) is 15.2. The highest BCUT2D eigenvalue weighted by atomic mass is 35.5. The van der Waals surface area contributed by atoms with Gasteiger partial charge in [-0.05, 0) is 30.2 Å². The van der Waals surface area contributed by atoms with Gasteiger partial charge in [-0.3, -0.25) is 9.59 Å². The van der Waals surface area contributed by atoms with Crippen LogP contribution >= 0.6 is 23.2 Å². The molecule has 1 heterocycles. The van der Waals surface area contributed by atoms with Crippen LogP contribution < -0.4 is 9.47 Å². The number of Topliss-reactive ketones (excluding diaryl/α,β-unsaturated/α-hetero) is 1. The largest absolute Gasteiger partial charge is 0.507 e. The molecule has 1 amide bonds. The van der Waals surface area contributed by atoms with E-state index in [2.05, 4.69) is 0 Å². The molecule has 32 heavy (non-hydrogen) atoms. The quantitative estimate of drug-likeness (QED) is 0.331. The molecule has 1 saturated heterocycles. The number of methoxy groups -OCH3 is 2. The van der Waals surface area contributed by atoms with Crippen molar-refractivity contribution in [1.29, 1.82) is 0 Å². The minimum atomic E-state index is -0.898. The van der Waals surface area contributed by atoms with Crippen molar-refractivity contribution >= 4 is 40.7 Å². The van der Waals surface area contributed by atoms with Crippen LogP contribution in [-0.2, 0) is 9.59 Å². The van der Waals surface area contributed by atoms with Gasteiger partial charge in [0.2, 0.25) is 0 Å². The van der Waals surface area contributed by atoms with Crippen molar-refractivity contribution in [3.8, 4) is 17.2 Å². The zero-order valence-electron chi connectivity index (χ0n) is 17.8. The average Bonchev–Trinajstić information content (AvgIpc) is 3.03. The molecule has 2 aromatic carbocycles. The lowest BCUT2D eigenvalue weighted by Gasteiger charge is -2.25. The molecular formula is C23H23Cl2NO6. The fourth-order valence-electron chi connectivity index (χ4n) is 3.67. The number of unbranched alkanes of at least 4 members (excludes halogenated alkanes) is 1. The molecule has 2 N–H and O–H groups in total. The van der Waals surface area contributed by atoms with Gasteiger partial charge in [0.15, 0.2) is 0 Å². The Balaban J connectivity index is 2.26. The first-order valence-corrected chi connectivity index (χ1v) is 10.7. The summed E-state index contributed by atoms with van der Waals surface area (Å²) < 4.78 is 10.5. The van der Waals surface area contributed by atoms with Crippen LogP contribution in [0.4, 0.5) is 0 Å². The van der Waals surface area contributed by atoms with Gasteiger partial charge in [-0.2, -0.15) is 0 Å². The van der Waals surface area contributed by atoms with Crippen LogP contribution in [0, 0.1) is 0 Å². The van der Waals surface area contributed by atoms with Gasteiger partial charge in [0, 0.05) is 12.6 Å². The molecule has 0 bridgehead atoms. The third-order valence-corrected chi connectivity index (χ3v) is 5.91. The minimum Gasteiger partial charge on any atom is -0.507 e. The van der Waals surface area contributed by atoms with E-state index in [0.717, 1.165) is 6.42 Å². The molecule has 3 rings (SSSR count). The van der Waals surface area contributed by atoms with E-state index in [9.17, 15) is 19.8 Å². The third kappa shape index (κ3) is 4.23. The SMILES string of the molecule is CCCCN1C(=O)C(=O)/C(=C(/O)c2cc(Cl)c(OC)cc2OC)C1c1ccc(O)c(Cl)c1. The van der Waals surface area contributed by atoms with Crippen molar-refractivity contribution in [2.24, 2.45) is 0 Å². The maximum Gasteiger partial charge on any atom is 0.295 e. The summed E-state index contributed by atoms with van der Waals surface area (Å²) in [5.74, 6) is -1.59. The fraction of sp³-hybridized carbons (Fsp3) is 0.304. The van der Waals surface area contributed by atoms with Crippen LogP contribution in [0.5, 0.6) is 17.2 Å². The summed E-state index contributed by atoms with van der Waals surface area (Å²) in [4.78, 5) is 27.3. The summed E-state index contributed by atoms with van der Waals surface area (Å²) in [5.41, 5.74) is 0.497. The molecule has 2 aromatic rings. The van der Waals surface area contributed by atoms with Crippen LogP contribution in [0.3, 0.4) is 0 Å². The highest BCUT2D eigenvalue weighted by Gasteiger charge is 2.46. The molecular weight excluding hydrogens is 457 g/mol. The standard InChI is InChI=1S/C23H23Cl2NO6/c1-4-5-8-26-20(12-6-7-16(27)14(24)9-12)19(22(29)23(26)30)21(28)13-10-15(25)18(32-3)11-17(13)31-2/h6-7,9-11,20,27-28H,4-5,8H2,1-3H3/b21-19+. The van der Waals surface area contributed by atoms with E-state index in [4.69, 9.17) is 32.7 Å². The maximum absolute atomic E-state index is 13.0. The summed E-state index contributed by atoms with van der Waals surface area (Å²) >= 11 is 12.3. The van der Waals surface area contributed by atoms with Gasteiger partial charge in [0.1, 0.15) is 23.0 Å². The van der Waals surface area contributed by atoms with Crippen LogP contribution in [0.2, 0.25) is 10.0 Å². The summed E-state index contributed by atoms with van der Waals surface area (Å²) in [5, 5.41) is 21.3. The zero-order valence-corrected chi connectivity index (χ0v) is 19.3. The van der Waals surface area contributed by atoms with Crippen molar-refractivity contribution in [2.75, 3.05) is 20.8 Å². The number of aliphatic hydroxyl groups is 1. The molecule has 0 aliphatic carbocycles. The van der Waals surface area contributed by atoms with Crippen LogP contribution in [0.1, 0.15) is 36.9 Å². The van der Waals surface area contributed by atoms with E-state index in [-0.39, 0.29) is 32.7 Å². The Morgan fingerprint density at radius 2 is 1.75 bits per heavy atom. The number of likely N-dealkylation sites (tertiary alicyclic amines) is 1. The van der Waals surface area contributed by atoms with E-state index in [1.807, 2.05) is 6.92 Å². The molecule has 1 aliphatic heterocycles. The number of phenolic OH excluding ortho intramolecular Hbond substituents is 1. The number of benzene rings is 2. The van der Waals surface area contributed by atoms with Crippen molar-refractivity contribution in [2.45, 2.75) is 25.8 Å². The van der Waals surface area contributed by atoms with Gasteiger partial charge in [-0.25, -0.2) is 0 Å². The Bertz CT molecular complexity index is 1100. The maximum atomic E-state index is 13.0. The van der Waals surface area contributed by atoms with Gasteiger partial charge in [0.25, 0.3) is 11.7 Å². The lowest BCUT2D eigenvalue weighted by atomic mass is 9.94. The molecule has 7 nitrogen and oxygen atoms in total. The number of aliphatic hydroxyl groups excluding tert-OH is 1. The minimum absolute atomic E-state index is 0.0636. The normalized spacial score (nSPS) is 17.7. The molecule has 1 atom stereocenters. The number of aromatic hydroxyl groups is 1. The van der Waals surface area contributed by atoms with E-state index >= 15 is 0 Å². The van der Waals surface area contributed by atoms with E-state index in [1.165, 1.54) is 43.4 Å². The number of carbonyl (C=O) groups is 2. The van der Waals surface area contributed by atoms with Gasteiger partial charge in [-0.15, -0.1) is 0 Å². The van der Waals surface area contributed by atoms with Crippen molar-refractivity contribution in [3.05, 3.63) is 57.1 Å². The highest BCUT2D eigenvalue weighted by Crippen LogP contribution is 2.44. The Hall–Kier alpha value is -2.90. The summed E-state index contributed by atoms with van der Waals surface area (Å²) in [6, 6.07) is 6.40. The Morgan fingerprint density at radius 3 is 2.34 bits per heavy atom. The molecule has 1 aliphatic rings. The number of hydrogen-bond donors (Lipinski definition) is 2. The first kappa shape index (κ1) is 23.8. The van der Waals surface area contributed by atoms with E-state index < -0.39 is 23.5 Å². The van der Waals surface area contributed by atoms with Gasteiger partial charge in [0.05, 0.1) is 41.4 Å². The summed E-state index contributed by atoms with van der Waals surface area (Å²) in [6.45, 7) is 2.27. The molecule has 1 fully saturated rings. The number of rotatable bonds is 7. The number of hydrogen-bond acceptors (Lipinski definition) is 6. The predicted octanol–water partition coefficient (Wildman–Crippen LogP) is 4.94. The summed E-state index contributed by atoms with van der Waals surface area (Å²) in [7, 11) is 2.84. The van der Waals surface area contributed by atoms with Gasteiger partial charge < -0.3 is 24.6 Å². The Labute approximate surface area is 195 Å². The van der Waals surface area contributed by atoms with Crippen molar-refractivity contribution < 1.29 is 29.3 Å². The van der Waals surface area contributed by atoms with E-state index in [1.54, 1.807) is 6.07 Å². The average molecular weight is 480 g/mol. The van der Waals surface area contributed by atoms with Crippen molar-refractivity contribution in [3.63, 3.8) is 0 Å². The molecule has 0 radical (unpaired) electrons. The molecule has 1 unspecified atom stereocenters. The smallest absolute Gasteiger partial charge is 0.295 e. The lowest BCUT2D eigenvalue weighted by Crippen LogP contribution is -2.30. The van der Waals surface area contributed by atoms with Crippen molar-refractivity contribution in [1.82, 2.24) is 4.90 Å². The number of phenols is 1. The Morgan fingerprint density at radius 1 is 1.06 bits per heavy atom. The number of carbonyl (C=O) groups excluding carboxylic acids is 2. The number of amides is 1. The summed E-state index contributed by atoms with van der Waals surface area (Å²) in [6.07, 6.45) is 1.46. The highest BCUT2D eigenvalue weighted by molar-refractivity contribution is 6.46. The van der Waals surface area contributed by atoms with Gasteiger partial charge >= 0.3 is 0 Å². The second-order valence-corrected chi connectivity index (χ2v) is 8.06. The second-order valence-electron chi connectivity index (χ2n) is 7.24. The molecule has 170 valence electrons. The lowest BCUT2D eigenvalue weighted by molar-refractivity contribution is -0.139. The number of halogens is 2. The number of ketones is 1. The predicted molar refractivity (Wildman–Crippen MR) is 122 cm³/mol. The van der Waals surface area contributed by atoms with Crippen LogP contribution in [-0.4, -0.2) is 47.6 Å². The van der Waals surface area contributed by atoms with Crippen LogP contribution in [0.25, 0.3) is 5.76 Å². The molecule has 9 heteroatoms. The third-order valence-electron chi connectivity index (χ3n) is 5.31. The Kier molecular flexibility index (Phi) is 7.21. The molecule has 0 spiro atoms. The van der Waals surface area contributed by atoms with E-state index in [0.29, 0.717) is 24.3 Å². The fourth-order valence-corrected chi connectivity index (χ4v) is 4.10. The van der Waals surface area contributed by atoms with Gasteiger partial charge in [-0.1, -0.05) is 42.6 Å². The number of ether oxygens (including phenoxy) is 2. The van der Waals surface area contributed by atoms with Crippen LogP contribution in [0.15, 0.2) is 35.9 Å². The zero-order chi connectivity index (χ0) is 23.6. The topological polar surface area (TPSA) is 96.3 Å². The second kappa shape index (κ2) is 9.71. The number of nitrogens with zero attached hydrogens (tertiary/aromatic N) is 1. The first-order valence-electron chi connectivity index (χ1n) is 9.93.